The summed E-state index contributed by atoms with van der Waals surface area (Å²) in [6, 6.07) is 10.2. The van der Waals surface area contributed by atoms with Crippen LogP contribution in [0.3, 0.4) is 0 Å². The summed E-state index contributed by atoms with van der Waals surface area (Å²) in [5, 5.41) is 10.6. The first-order chi connectivity index (χ1) is 11.5. The first kappa shape index (κ1) is 16.0. The van der Waals surface area contributed by atoms with E-state index in [1.54, 1.807) is 36.4 Å². The molecule has 0 radical (unpaired) electrons. The van der Waals surface area contributed by atoms with Gasteiger partial charge in [-0.1, -0.05) is 17.7 Å². The van der Waals surface area contributed by atoms with Gasteiger partial charge in [0.05, 0.1) is 12.6 Å². The van der Waals surface area contributed by atoms with Gasteiger partial charge in [-0.25, -0.2) is 4.79 Å². The largest absolute Gasteiger partial charge is 0.464 e. The number of rotatable bonds is 3. The van der Waals surface area contributed by atoms with Crippen LogP contribution in [0.25, 0.3) is 10.9 Å². The van der Waals surface area contributed by atoms with Crippen LogP contribution in [0, 0.1) is 6.92 Å². The highest BCUT2D eigenvalue weighted by atomic mass is 35.5. The molecule has 0 spiro atoms. The minimum absolute atomic E-state index is 0.168. The molecule has 1 amide bonds. The predicted molar refractivity (Wildman–Crippen MR) is 91.6 cm³/mol. The number of hydrogen-bond acceptors (Lipinski definition) is 4. The van der Waals surface area contributed by atoms with E-state index in [0.29, 0.717) is 27.2 Å². The van der Waals surface area contributed by atoms with Gasteiger partial charge in [0.25, 0.3) is 5.91 Å². The lowest BCUT2D eigenvalue weighted by molar-refractivity contribution is 0.0596. The van der Waals surface area contributed by atoms with Crippen molar-refractivity contribution in [2.45, 2.75) is 6.92 Å². The predicted octanol–water partition coefficient (Wildman–Crippen LogP) is 3.56. The highest BCUT2D eigenvalue weighted by Gasteiger charge is 2.15. The Balaban J connectivity index is 1.90. The number of fused-ring (bicyclic) bond motifs is 1. The molecule has 0 aliphatic heterocycles. The van der Waals surface area contributed by atoms with Crippen molar-refractivity contribution in [3.8, 4) is 0 Å². The Bertz CT molecular complexity index is 949. The number of hydrogen-bond donors (Lipinski definition) is 2. The van der Waals surface area contributed by atoms with Crippen LogP contribution < -0.4 is 5.32 Å². The van der Waals surface area contributed by atoms with Gasteiger partial charge in [-0.15, -0.1) is 0 Å². The Labute approximate surface area is 142 Å². The van der Waals surface area contributed by atoms with E-state index < -0.39 is 5.97 Å². The Kier molecular flexibility index (Phi) is 4.22. The zero-order valence-corrected chi connectivity index (χ0v) is 13.8. The number of H-pyrrole nitrogens is 1. The van der Waals surface area contributed by atoms with E-state index in [1.807, 2.05) is 6.92 Å². The molecule has 2 aromatic carbocycles. The molecule has 0 saturated heterocycles. The fraction of sp³-hybridized carbons (Fsp3) is 0.118. The molecular weight excluding hydrogens is 330 g/mol. The van der Waals surface area contributed by atoms with Gasteiger partial charge < -0.3 is 10.1 Å². The summed E-state index contributed by atoms with van der Waals surface area (Å²) in [5.41, 5.74) is 2.73. The first-order valence-electron chi connectivity index (χ1n) is 7.13. The quantitative estimate of drug-likeness (QED) is 0.712. The second-order valence-corrected chi connectivity index (χ2v) is 5.65. The van der Waals surface area contributed by atoms with Crippen molar-refractivity contribution in [1.29, 1.82) is 0 Å². The van der Waals surface area contributed by atoms with Gasteiger partial charge in [-0.05, 0) is 42.8 Å². The van der Waals surface area contributed by atoms with Crippen molar-refractivity contribution in [3.63, 3.8) is 0 Å². The highest BCUT2D eigenvalue weighted by molar-refractivity contribution is 6.31. The van der Waals surface area contributed by atoms with Gasteiger partial charge in [0.15, 0.2) is 5.69 Å². The molecular formula is C17H14ClN3O3. The third-order valence-electron chi connectivity index (χ3n) is 3.63. The lowest BCUT2D eigenvalue weighted by atomic mass is 10.1. The number of nitrogens with zero attached hydrogens (tertiary/aromatic N) is 1. The second-order valence-electron chi connectivity index (χ2n) is 5.24. The summed E-state index contributed by atoms with van der Waals surface area (Å²) in [4.78, 5) is 24.0. The minimum Gasteiger partial charge on any atom is -0.464 e. The summed E-state index contributed by atoms with van der Waals surface area (Å²) in [6.07, 6.45) is 0. The molecule has 3 rings (SSSR count). The number of aromatic nitrogens is 2. The molecule has 0 saturated carbocycles. The van der Waals surface area contributed by atoms with Crippen molar-refractivity contribution >= 4 is 40.1 Å². The van der Waals surface area contributed by atoms with E-state index >= 15 is 0 Å². The SMILES string of the molecule is COC(=O)c1n[nH]c2ccc(NC(=O)c3ccc(C)c(Cl)c3)cc12. The molecule has 0 aliphatic carbocycles. The summed E-state index contributed by atoms with van der Waals surface area (Å²) in [5.74, 6) is -0.839. The standard InChI is InChI=1S/C17H14ClN3O3/c1-9-3-4-10(7-13(9)18)16(22)19-11-5-6-14-12(8-11)15(21-20-14)17(23)24-2/h3-8H,1-2H3,(H,19,22)(H,20,21). The minimum atomic E-state index is -0.546. The Hall–Kier alpha value is -2.86. The Morgan fingerprint density at radius 2 is 2.00 bits per heavy atom. The first-order valence-corrected chi connectivity index (χ1v) is 7.51. The number of benzene rings is 2. The number of halogens is 1. The van der Waals surface area contributed by atoms with E-state index in [-0.39, 0.29) is 11.6 Å². The van der Waals surface area contributed by atoms with Gasteiger partial charge in [-0.3, -0.25) is 9.89 Å². The number of carbonyl (C=O) groups excluding carboxylic acids is 2. The maximum atomic E-state index is 12.3. The van der Waals surface area contributed by atoms with E-state index in [4.69, 9.17) is 16.3 Å². The molecule has 0 unspecified atom stereocenters. The van der Waals surface area contributed by atoms with Crippen LogP contribution in [-0.4, -0.2) is 29.2 Å². The summed E-state index contributed by atoms with van der Waals surface area (Å²) in [7, 11) is 1.29. The van der Waals surface area contributed by atoms with Gasteiger partial charge in [-0.2, -0.15) is 5.10 Å². The number of nitrogens with one attached hydrogen (secondary N) is 2. The molecule has 0 atom stereocenters. The van der Waals surface area contributed by atoms with E-state index in [2.05, 4.69) is 15.5 Å². The van der Waals surface area contributed by atoms with Gasteiger partial charge in [0.1, 0.15) is 0 Å². The molecule has 2 N–H and O–H groups in total. The molecule has 1 aromatic heterocycles. The number of esters is 1. The third-order valence-corrected chi connectivity index (χ3v) is 4.04. The Morgan fingerprint density at radius 3 is 2.71 bits per heavy atom. The number of amides is 1. The zero-order valence-electron chi connectivity index (χ0n) is 13.0. The molecule has 6 nitrogen and oxygen atoms in total. The summed E-state index contributed by atoms with van der Waals surface area (Å²) in [6.45, 7) is 1.87. The summed E-state index contributed by atoms with van der Waals surface area (Å²) >= 11 is 6.05. The maximum Gasteiger partial charge on any atom is 0.359 e. The molecule has 1 heterocycles. The molecule has 3 aromatic rings. The number of carbonyl (C=O) groups is 2. The van der Waals surface area contributed by atoms with Crippen LogP contribution in [0.5, 0.6) is 0 Å². The fourth-order valence-electron chi connectivity index (χ4n) is 2.28. The van der Waals surface area contributed by atoms with Crippen LogP contribution in [0.4, 0.5) is 5.69 Å². The lowest BCUT2D eigenvalue weighted by Gasteiger charge is -2.07. The van der Waals surface area contributed by atoms with Crippen molar-refractivity contribution in [3.05, 3.63) is 58.2 Å². The van der Waals surface area contributed by atoms with Crippen molar-refractivity contribution in [1.82, 2.24) is 10.2 Å². The molecule has 0 aliphatic rings. The number of aromatic amines is 1. The lowest BCUT2D eigenvalue weighted by Crippen LogP contribution is -2.12. The van der Waals surface area contributed by atoms with E-state index in [9.17, 15) is 9.59 Å². The topological polar surface area (TPSA) is 84.1 Å². The van der Waals surface area contributed by atoms with Crippen molar-refractivity contribution in [2.24, 2.45) is 0 Å². The molecule has 0 fully saturated rings. The number of ether oxygens (including phenoxy) is 1. The van der Waals surface area contributed by atoms with Crippen molar-refractivity contribution in [2.75, 3.05) is 12.4 Å². The fourth-order valence-corrected chi connectivity index (χ4v) is 2.46. The highest BCUT2D eigenvalue weighted by Crippen LogP contribution is 2.22. The normalized spacial score (nSPS) is 10.6. The monoisotopic (exact) mass is 343 g/mol. The third kappa shape index (κ3) is 2.96. The van der Waals surface area contributed by atoms with Gasteiger partial charge >= 0.3 is 5.97 Å². The van der Waals surface area contributed by atoms with Crippen LogP contribution in [0.2, 0.25) is 5.02 Å². The average Bonchev–Trinajstić information content (AvgIpc) is 2.99. The van der Waals surface area contributed by atoms with Crippen LogP contribution in [-0.2, 0) is 4.74 Å². The summed E-state index contributed by atoms with van der Waals surface area (Å²) < 4.78 is 4.69. The molecule has 24 heavy (non-hydrogen) atoms. The average molecular weight is 344 g/mol. The van der Waals surface area contributed by atoms with E-state index in [1.165, 1.54) is 7.11 Å². The smallest absolute Gasteiger partial charge is 0.359 e. The molecule has 122 valence electrons. The van der Waals surface area contributed by atoms with Crippen LogP contribution in [0.15, 0.2) is 36.4 Å². The maximum absolute atomic E-state index is 12.3. The van der Waals surface area contributed by atoms with Crippen LogP contribution >= 0.6 is 11.6 Å². The number of aryl methyl sites for hydroxylation is 1. The van der Waals surface area contributed by atoms with Crippen LogP contribution in [0.1, 0.15) is 26.4 Å². The number of anilines is 1. The second kappa shape index (κ2) is 6.33. The molecule has 7 heteroatoms. The Morgan fingerprint density at radius 1 is 1.21 bits per heavy atom. The van der Waals surface area contributed by atoms with Crippen molar-refractivity contribution < 1.29 is 14.3 Å². The molecule has 0 bridgehead atoms. The number of methoxy groups -OCH3 is 1. The van der Waals surface area contributed by atoms with E-state index in [0.717, 1.165) is 5.56 Å². The zero-order chi connectivity index (χ0) is 17.3. The van der Waals surface area contributed by atoms with Gasteiger partial charge in [0.2, 0.25) is 0 Å². The van der Waals surface area contributed by atoms with Gasteiger partial charge in [0, 0.05) is 21.7 Å².